The number of benzene rings is 2. The van der Waals surface area contributed by atoms with Crippen LogP contribution in [0.15, 0.2) is 42.5 Å². The fourth-order valence-corrected chi connectivity index (χ4v) is 2.19. The molecule has 0 unspecified atom stereocenters. The number of carboxylic acid groups (broad SMARTS) is 1. The van der Waals surface area contributed by atoms with Gasteiger partial charge in [0.1, 0.15) is 0 Å². The Balaban J connectivity index is 2.01. The summed E-state index contributed by atoms with van der Waals surface area (Å²) in [7, 11) is 0. The number of hydrogen-bond donors (Lipinski definition) is 2. The number of aromatic carboxylic acids is 1. The average molecular weight is 280 g/mol. The van der Waals surface area contributed by atoms with E-state index in [4.69, 9.17) is 10.4 Å². The number of rotatable bonds is 5. The Morgan fingerprint density at radius 3 is 2.71 bits per heavy atom. The minimum Gasteiger partial charge on any atom is -0.478 e. The van der Waals surface area contributed by atoms with E-state index in [9.17, 15) is 4.79 Å². The minimum absolute atomic E-state index is 0.343. The lowest BCUT2D eigenvalue weighted by atomic mass is 10.0. The molecule has 2 aromatic carbocycles. The molecule has 0 atom stereocenters. The molecule has 0 fully saturated rings. The van der Waals surface area contributed by atoms with Crippen molar-refractivity contribution in [2.24, 2.45) is 0 Å². The molecule has 4 heteroatoms. The standard InChI is InChI=1S/C17H16N2O2/c1-12-10-15(7-6-14(12)11-18)19-9-8-13-4-2-3-5-16(13)17(20)21/h2-7,10,19H,8-9H2,1H3,(H,20,21). The molecular formula is C17H16N2O2. The SMILES string of the molecule is Cc1cc(NCCc2ccccc2C(=O)O)ccc1C#N. The van der Waals surface area contributed by atoms with E-state index in [0.717, 1.165) is 16.8 Å². The molecule has 4 nitrogen and oxygen atoms in total. The molecule has 0 aliphatic heterocycles. The molecule has 0 heterocycles. The molecule has 0 saturated heterocycles. The number of nitriles is 1. The molecule has 2 aromatic rings. The highest BCUT2D eigenvalue weighted by Crippen LogP contribution is 2.15. The van der Waals surface area contributed by atoms with Crippen molar-refractivity contribution in [1.29, 1.82) is 5.26 Å². The van der Waals surface area contributed by atoms with Crippen LogP contribution in [0.1, 0.15) is 27.0 Å². The molecule has 0 aliphatic rings. The van der Waals surface area contributed by atoms with Crippen LogP contribution in [-0.4, -0.2) is 17.6 Å². The number of hydrogen-bond acceptors (Lipinski definition) is 3. The minimum atomic E-state index is -0.903. The first-order valence-electron chi connectivity index (χ1n) is 6.67. The highest BCUT2D eigenvalue weighted by molar-refractivity contribution is 5.89. The molecule has 0 aliphatic carbocycles. The van der Waals surface area contributed by atoms with Crippen molar-refractivity contribution in [3.05, 3.63) is 64.7 Å². The van der Waals surface area contributed by atoms with Crippen molar-refractivity contribution < 1.29 is 9.90 Å². The van der Waals surface area contributed by atoms with Gasteiger partial charge in [-0.1, -0.05) is 18.2 Å². The highest BCUT2D eigenvalue weighted by Gasteiger charge is 2.08. The summed E-state index contributed by atoms with van der Waals surface area (Å²) in [4.78, 5) is 11.1. The number of aryl methyl sites for hydroxylation is 1. The predicted molar refractivity (Wildman–Crippen MR) is 81.5 cm³/mol. The van der Waals surface area contributed by atoms with Gasteiger partial charge in [0.15, 0.2) is 0 Å². The topological polar surface area (TPSA) is 73.1 Å². The molecule has 0 aromatic heterocycles. The predicted octanol–water partition coefficient (Wildman–Crippen LogP) is 3.22. The van der Waals surface area contributed by atoms with Gasteiger partial charge in [0.05, 0.1) is 17.2 Å². The van der Waals surface area contributed by atoms with E-state index in [2.05, 4.69) is 11.4 Å². The average Bonchev–Trinajstić information content (AvgIpc) is 2.48. The van der Waals surface area contributed by atoms with E-state index in [-0.39, 0.29) is 0 Å². The molecule has 2 N–H and O–H groups in total. The Bertz CT molecular complexity index is 702. The van der Waals surface area contributed by atoms with Crippen molar-refractivity contribution in [2.45, 2.75) is 13.3 Å². The smallest absolute Gasteiger partial charge is 0.335 e. The van der Waals surface area contributed by atoms with Gasteiger partial charge in [-0.3, -0.25) is 0 Å². The van der Waals surface area contributed by atoms with E-state index < -0.39 is 5.97 Å². The lowest BCUT2D eigenvalue weighted by molar-refractivity contribution is 0.0695. The third kappa shape index (κ3) is 3.61. The number of carbonyl (C=O) groups is 1. The molecule has 0 amide bonds. The molecule has 0 spiro atoms. The van der Waals surface area contributed by atoms with Gasteiger partial charge < -0.3 is 10.4 Å². The van der Waals surface area contributed by atoms with Crippen LogP contribution in [0.2, 0.25) is 0 Å². The lowest BCUT2D eigenvalue weighted by Crippen LogP contribution is -2.09. The summed E-state index contributed by atoms with van der Waals surface area (Å²) < 4.78 is 0. The van der Waals surface area contributed by atoms with Crippen LogP contribution in [-0.2, 0) is 6.42 Å². The third-order valence-corrected chi connectivity index (χ3v) is 3.32. The Morgan fingerprint density at radius 1 is 1.29 bits per heavy atom. The van der Waals surface area contributed by atoms with Gasteiger partial charge in [-0.2, -0.15) is 5.26 Å². The Kier molecular flexibility index (Phi) is 4.57. The lowest BCUT2D eigenvalue weighted by Gasteiger charge is -2.09. The zero-order chi connectivity index (χ0) is 15.2. The van der Waals surface area contributed by atoms with Gasteiger partial charge in [0.2, 0.25) is 0 Å². The van der Waals surface area contributed by atoms with E-state index in [1.54, 1.807) is 18.2 Å². The summed E-state index contributed by atoms with van der Waals surface area (Å²) in [5.74, 6) is -0.903. The fourth-order valence-electron chi connectivity index (χ4n) is 2.19. The van der Waals surface area contributed by atoms with Crippen molar-refractivity contribution in [3.63, 3.8) is 0 Å². The number of anilines is 1. The summed E-state index contributed by atoms with van der Waals surface area (Å²) in [6.07, 6.45) is 0.627. The van der Waals surface area contributed by atoms with Gasteiger partial charge in [-0.15, -0.1) is 0 Å². The van der Waals surface area contributed by atoms with Gasteiger partial charge in [-0.05, 0) is 48.7 Å². The van der Waals surface area contributed by atoms with Crippen LogP contribution in [0, 0.1) is 18.3 Å². The number of nitrogens with zero attached hydrogens (tertiary/aromatic N) is 1. The van der Waals surface area contributed by atoms with Crippen LogP contribution >= 0.6 is 0 Å². The second kappa shape index (κ2) is 6.58. The monoisotopic (exact) mass is 280 g/mol. The van der Waals surface area contributed by atoms with E-state index in [1.165, 1.54) is 0 Å². The molecule has 0 radical (unpaired) electrons. The summed E-state index contributed by atoms with van der Waals surface area (Å²) >= 11 is 0. The second-order valence-corrected chi connectivity index (χ2v) is 4.78. The van der Waals surface area contributed by atoms with Crippen LogP contribution in [0.5, 0.6) is 0 Å². The maximum Gasteiger partial charge on any atom is 0.335 e. The van der Waals surface area contributed by atoms with Gasteiger partial charge in [-0.25, -0.2) is 4.79 Å². The molecule has 21 heavy (non-hydrogen) atoms. The van der Waals surface area contributed by atoms with Crippen molar-refractivity contribution >= 4 is 11.7 Å². The van der Waals surface area contributed by atoms with Crippen LogP contribution in [0.25, 0.3) is 0 Å². The van der Waals surface area contributed by atoms with Crippen molar-refractivity contribution in [3.8, 4) is 6.07 Å². The largest absolute Gasteiger partial charge is 0.478 e. The molecular weight excluding hydrogens is 264 g/mol. The Labute approximate surface area is 123 Å². The summed E-state index contributed by atoms with van der Waals surface area (Å²) in [5, 5.41) is 21.3. The highest BCUT2D eigenvalue weighted by atomic mass is 16.4. The van der Waals surface area contributed by atoms with Crippen molar-refractivity contribution in [2.75, 3.05) is 11.9 Å². The first kappa shape index (κ1) is 14.6. The van der Waals surface area contributed by atoms with E-state index >= 15 is 0 Å². The fraction of sp³-hybridized carbons (Fsp3) is 0.176. The third-order valence-electron chi connectivity index (χ3n) is 3.32. The zero-order valence-corrected chi connectivity index (χ0v) is 11.8. The zero-order valence-electron chi connectivity index (χ0n) is 11.8. The second-order valence-electron chi connectivity index (χ2n) is 4.78. The Morgan fingerprint density at radius 2 is 2.05 bits per heavy atom. The quantitative estimate of drug-likeness (QED) is 0.882. The molecule has 0 saturated carbocycles. The maximum atomic E-state index is 11.1. The maximum absolute atomic E-state index is 11.1. The van der Waals surface area contributed by atoms with Crippen molar-refractivity contribution in [1.82, 2.24) is 0 Å². The van der Waals surface area contributed by atoms with Crippen LogP contribution < -0.4 is 5.32 Å². The molecule has 106 valence electrons. The summed E-state index contributed by atoms with van der Waals surface area (Å²) in [6.45, 7) is 2.53. The van der Waals surface area contributed by atoms with Gasteiger partial charge in [0, 0.05) is 12.2 Å². The first-order valence-corrected chi connectivity index (χ1v) is 6.67. The van der Waals surface area contributed by atoms with E-state index in [0.29, 0.717) is 24.1 Å². The van der Waals surface area contributed by atoms with E-state index in [1.807, 2.05) is 31.2 Å². The normalized spacial score (nSPS) is 9.90. The molecule has 0 bridgehead atoms. The van der Waals surface area contributed by atoms with Crippen LogP contribution in [0.4, 0.5) is 5.69 Å². The number of carboxylic acids is 1. The summed E-state index contributed by atoms with van der Waals surface area (Å²) in [5.41, 5.74) is 3.67. The van der Waals surface area contributed by atoms with Crippen LogP contribution in [0.3, 0.4) is 0 Å². The van der Waals surface area contributed by atoms with Gasteiger partial charge in [0.25, 0.3) is 0 Å². The summed E-state index contributed by atoms with van der Waals surface area (Å²) in [6, 6.07) is 14.7. The number of nitrogens with one attached hydrogen (secondary N) is 1. The first-order chi connectivity index (χ1) is 10.1. The van der Waals surface area contributed by atoms with Gasteiger partial charge >= 0.3 is 5.97 Å². The molecule has 2 rings (SSSR count). The Hall–Kier alpha value is -2.80.